The zero-order valence-electron chi connectivity index (χ0n) is 19.6. The largest absolute Gasteiger partial charge is 0.497 e. The second-order valence-corrected chi connectivity index (χ2v) is 10.7. The molecule has 0 amide bonds. The van der Waals surface area contributed by atoms with Crippen molar-refractivity contribution in [1.82, 2.24) is 4.57 Å². The van der Waals surface area contributed by atoms with Gasteiger partial charge in [-0.1, -0.05) is 41.9 Å². The molecule has 4 aromatic rings. The number of fused-ring (bicyclic) bond motifs is 10. The Morgan fingerprint density at radius 1 is 1.00 bits per heavy atom. The van der Waals surface area contributed by atoms with E-state index in [0.29, 0.717) is 22.3 Å². The highest BCUT2D eigenvalue weighted by Gasteiger charge is 2.50. The number of hydrogen-bond donors (Lipinski definition) is 1. The quantitative estimate of drug-likeness (QED) is 0.316. The van der Waals surface area contributed by atoms with Crippen LogP contribution < -0.4 is 10.1 Å². The molecular weight excluding hydrogens is 460 g/mol. The monoisotopic (exact) mass is 482 g/mol. The minimum Gasteiger partial charge on any atom is -0.497 e. The Morgan fingerprint density at radius 2 is 1.74 bits per heavy atom. The van der Waals surface area contributed by atoms with Crippen molar-refractivity contribution in [2.24, 2.45) is 5.92 Å². The highest BCUT2D eigenvalue weighted by Crippen LogP contribution is 2.56. The van der Waals surface area contributed by atoms with Crippen LogP contribution in [0.25, 0.3) is 10.9 Å². The van der Waals surface area contributed by atoms with Crippen molar-refractivity contribution in [1.29, 1.82) is 0 Å². The molecule has 3 aromatic carbocycles. The molecule has 2 aliphatic heterocycles. The van der Waals surface area contributed by atoms with E-state index >= 15 is 0 Å². The number of nitrogens with one attached hydrogen (secondary N) is 1. The average Bonchev–Trinajstić information content (AvgIpc) is 3.38. The van der Waals surface area contributed by atoms with Crippen LogP contribution in [-0.4, -0.2) is 28.8 Å². The van der Waals surface area contributed by atoms with Gasteiger partial charge in [-0.05, 0) is 43.7 Å². The Kier molecular flexibility index (Phi) is 4.01. The number of anilines is 1. The van der Waals surface area contributed by atoms with Gasteiger partial charge in [-0.25, -0.2) is 0 Å². The lowest BCUT2D eigenvalue weighted by atomic mass is 9.69. The molecule has 1 aliphatic carbocycles. The number of methoxy groups -OCH3 is 1. The third-order valence-electron chi connectivity index (χ3n) is 8.16. The fraction of sp³-hybridized carbons (Fsp3) is 0.241. The summed E-state index contributed by atoms with van der Waals surface area (Å²) in [4.78, 5) is 27.1. The number of aromatic nitrogens is 1. The number of carbonyl (C=O) groups is 2. The van der Waals surface area contributed by atoms with Gasteiger partial charge in [0, 0.05) is 51.7 Å². The molecule has 3 aliphatic rings. The van der Waals surface area contributed by atoms with Crippen LogP contribution in [0.2, 0.25) is 5.02 Å². The molecular formula is C29H23ClN2O3. The van der Waals surface area contributed by atoms with Crippen LogP contribution in [0, 0.1) is 5.92 Å². The topological polar surface area (TPSA) is 60.3 Å². The maximum Gasteiger partial charge on any atom is 0.196 e. The molecule has 7 rings (SSSR count). The van der Waals surface area contributed by atoms with Crippen LogP contribution >= 0.6 is 11.6 Å². The van der Waals surface area contributed by atoms with E-state index in [0.717, 1.165) is 45.2 Å². The maximum absolute atomic E-state index is 13.7. The van der Waals surface area contributed by atoms with Gasteiger partial charge in [0.2, 0.25) is 0 Å². The van der Waals surface area contributed by atoms with Gasteiger partial charge in [0.25, 0.3) is 0 Å². The first-order chi connectivity index (χ1) is 16.8. The first-order valence-corrected chi connectivity index (χ1v) is 12.2. The van der Waals surface area contributed by atoms with Crippen molar-refractivity contribution in [3.05, 3.63) is 93.1 Å². The SMILES string of the molecule is COc1ccc2c(c1)c(Cl)c1n2C[C@H]2[C@@H]1c1ccc3c(c1NC2(C)C)C(=O)c1ccccc1C3=O. The van der Waals surface area contributed by atoms with E-state index < -0.39 is 0 Å². The molecule has 0 radical (unpaired) electrons. The lowest BCUT2D eigenvalue weighted by Gasteiger charge is -2.44. The summed E-state index contributed by atoms with van der Waals surface area (Å²) in [7, 11) is 1.65. The summed E-state index contributed by atoms with van der Waals surface area (Å²) in [6.45, 7) is 5.14. The number of rotatable bonds is 1. The summed E-state index contributed by atoms with van der Waals surface area (Å²) >= 11 is 7.06. The lowest BCUT2D eigenvalue weighted by molar-refractivity contribution is 0.0979. The predicted octanol–water partition coefficient (Wildman–Crippen LogP) is 6.04. The van der Waals surface area contributed by atoms with Crippen molar-refractivity contribution in [2.75, 3.05) is 12.4 Å². The number of benzene rings is 3. The van der Waals surface area contributed by atoms with Gasteiger partial charge in [0.15, 0.2) is 11.6 Å². The minimum absolute atomic E-state index is 0.00230. The molecule has 5 nitrogen and oxygen atoms in total. The molecule has 0 unspecified atom stereocenters. The summed E-state index contributed by atoms with van der Waals surface area (Å²) in [6.07, 6.45) is 0. The van der Waals surface area contributed by atoms with Crippen molar-refractivity contribution in [2.45, 2.75) is 31.8 Å². The predicted molar refractivity (Wildman–Crippen MR) is 136 cm³/mol. The molecule has 0 fully saturated rings. The van der Waals surface area contributed by atoms with Crippen molar-refractivity contribution >= 4 is 39.8 Å². The highest BCUT2D eigenvalue weighted by molar-refractivity contribution is 6.37. The summed E-state index contributed by atoms with van der Waals surface area (Å²) in [5.41, 5.74) is 5.46. The van der Waals surface area contributed by atoms with E-state index in [-0.39, 0.29) is 28.9 Å². The van der Waals surface area contributed by atoms with E-state index in [1.54, 1.807) is 31.4 Å². The molecule has 0 saturated heterocycles. The Bertz CT molecular complexity index is 1630. The zero-order chi connectivity index (χ0) is 24.2. The summed E-state index contributed by atoms with van der Waals surface area (Å²) < 4.78 is 7.75. The van der Waals surface area contributed by atoms with Gasteiger partial charge in [-0.15, -0.1) is 0 Å². The highest BCUT2D eigenvalue weighted by atomic mass is 35.5. The van der Waals surface area contributed by atoms with Crippen molar-refractivity contribution < 1.29 is 14.3 Å². The minimum atomic E-state index is -0.325. The third-order valence-corrected chi connectivity index (χ3v) is 8.55. The summed E-state index contributed by atoms with van der Waals surface area (Å²) in [5.74, 6) is 0.780. The van der Waals surface area contributed by atoms with Gasteiger partial charge in [-0.2, -0.15) is 0 Å². The van der Waals surface area contributed by atoms with Gasteiger partial charge in [-0.3, -0.25) is 9.59 Å². The van der Waals surface area contributed by atoms with Crippen LogP contribution in [0.3, 0.4) is 0 Å². The van der Waals surface area contributed by atoms with E-state index in [9.17, 15) is 9.59 Å². The van der Waals surface area contributed by atoms with Crippen LogP contribution in [0.5, 0.6) is 5.75 Å². The number of hydrogen-bond acceptors (Lipinski definition) is 4. The normalized spacial score (nSPS) is 21.0. The second-order valence-electron chi connectivity index (χ2n) is 10.3. The Hall–Kier alpha value is -3.57. The van der Waals surface area contributed by atoms with E-state index in [1.807, 2.05) is 24.3 Å². The fourth-order valence-electron chi connectivity index (χ4n) is 6.45. The fourth-order valence-corrected chi connectivity index (χ4v) is 6.82. The molecule has 3 heterocycles. The van der Waals surface area contributed by atoms with Crippen molar-refractivity contribution in [3.63, 3.8) is 0 Å². The molecule has 0 saturated carbocycles. The Labute approximate surface area is 207 Å². The molecule has 174 valence electrons. The van der Waals surface area contributed by atoms with Crippen LogP contribution in [0.1, 0.15) is 62.9 Å². The number of ether oxygens (including phenoxy) is 1. The number of ketones is 2. The molecule has 6 heteroatoms. The summed E-state index contributed by atoms with van der Waals surface area (Å²) in [5, 5.41) is 5.37. The van der Waals surface area contributed by atoms with E-state index in [4.69, 9.17) is 16.3 Å². The third kappa shape index (κ3) is 2.54. The Balaban J connectivity index is 1.49. The Morgan fingerprint density at radius 3 is 2.49 bits per heavy atom. The van der Waals surface area contributed by atoms with Gasteiger partial charge in [0.05, 0.1) is 28.9 Å². The smallest absolute Gasteiger partial charge is 0.196 e. The van der Waals surface area contributed by atoms with Crippen LogP contribution in [-0.2, 0) is 6.54 Å². The first-order valence-electron chi connectivity index (χ1n) is 11.8. The number of nitrogens with zero attached hydrogens (tertiary/aromatic N) is 1. The maximum atomic E-state index is 13.7. The molecule has 1 aromatic heterocycles. The van der Waals surface area contributed by atoms with Gasteiger partial charge in [0.1, 0.15) is 5.75 Å². The number of carbonyl (C=O) groups excluding carboxylic acids is 2. The second kappa shape index (κ2) is 6.76. The molecule has 0 bridgehead atoms. The molecule has 0 spiro atoms. The summed E-state index contributed by atoms with van der Waals surface area (Å²) in [6, 6.07) is 16.9. The zero-order valence-corrected chi connectivity index (χ0v) is 20.4. The average molecular weight is 483 g/mol. The van der Waals surface area contributed by atoms with Crippen LogP contribution in [0.15, 0.2) is 54.6 Å². The van der Waals surface area contributed by atoms with Gasteiger partial charge >= 0.3 is 0 Å². The standard InChI is InChI=1S/C29H23ClN2O3/c1-29(2)20-13-32-21-11-8-14(35-3)12-19(21)24(30)26(32)22(20)17-9-10-18-23(25(17)31-29)28(34)16-7-5-4-6-15(16)27(18)33/h4-12,20,22,31H,13H2,1-3H3/t20-,22-/m0/s1. The molecule has 1 N–H and O–H groups in total. The molecule has 2 atom stereocenters. The lowest BCUT2D eigenvalue weighted by Crippen LogP contribution is -2.46. The van der Waals surface area contributed by atoms with Gasteiger partial charge < -0.3 is 14.6 Å². The van der Waals surface area contributed by atoms with E-state index in [1.165, 1.54) is 0 Å². The van der Waals surface area contributed by atoms with E-state index in [2.05, 4.69) is 29.8 Å². The molecule has 35 heavy (non-hydrogen) atoms. The van der Waals surface area contributed by atoms with Crippen molar-refractivity contribution in [3.8, 4) is 5.75 Å². The van der Waals surface area contributed by atoms with Crippen LogP contribution in [0.4, 0.5) is 5.69 Å². The number of halogens is 1. The first kappa shape index (κ1) is 20.8.